The molecule has 0 aliphatic rings. The topological polar surface area (TPSA) is 99.9 Å². The number of carbonyl (C=O) groups excluding carboxylic acids is 1. The molecule has 4 aromatic rings. The molecule has 2 heterocycles. The number of carboxylic acid groups (broad SMARTS) is 1. The number of ketones is 1. The minimum atomic E-state index is -1.07. The van der Waals surface area contributed by atoms with Crippen LogP contribution < -0.4 is 14.2 Å². The van der Waals surface area contributed by atoms with Crippen molar-refractivity contribution in [2.75, 3.05) is 14.2 Å². The smallest absolute Gasteiger partial charge is 0.344 e. The van der Waals surface area contributed by atoms with Gasteiger partial charge in [0, 0.05) is 27.7 Å². The molecule has 2 aromatic heterocycles. The number of halogens is 1. The van der Waals surface area contributed by atoms with Crippen LogP contribution in [-0.2, 0) is 11.3 Å². The zero-order valence-electron chi connectivity index (χ0n) is 20.2. The van der Waals surface area contributed by atoms with Gasteiger partial charge >= 0.3 is 5.97 Å². The Bertz CT molecular complexity index is 1450. The molecule has 2 aromatic carbocycles. The molecular weight excluding hydrogens is 484 g/mol. The largest absolute Gasteiger partial charge is 0.497 e. The van der Waals surface area contributed by atoms with Gasteiger partial charge in [0.05, 0.1) is 26.3 Å². The Morgan fingerprint density at radius 2 is 1.72 bits per heavy atom. The summed E-state index contributed by atoms with van der Waals surface area (Å²) in [6.07, 6.45) is -1.02. The molecule has 0 spiro atoms. The van der Waals surface area contributed by atoms with Crippen LogP contribution in [0.1, 0.15) is 34.1 Å². The Morgan fingerprint density at radius 1 is 1.03 bits per heavy atom. The summed E-state index contributed by atoms with van der Waals surface area (Å²) in [6.45, 7) is 3.58. The van der Waals surface area contributed by atoms with Crippen molar-refractivity contribution in [2.45, 2.75) is 26.5 Å². The van der Waals surface area contributed by atoms with Gasteiger partial charge in [-0.15, -0.1) is 0 Å². The normalized spacial score (nSPS) is 11.8. The number of methoxy groups -OCH3 is 2. The Balaban J connectivity index is 1.81. The number of rotatable bonds is 9. The molecule has 0 fully saturated rings. The van der Waals surface area contributed by atoms with Crippen molar-refractivity contribution in [2.24, 2.45) is 0 Å². The quantitative estimate of drug-likeness (QED) is 0.312. The lowest BCUT2D eigenvalue weighted by atomic mass is 10.0. The maximum absolute atomic E-state index is 13.6. The van der Waals surface area contributed by atoms with Gasteiger partial charge in [0.1, 0.15) is 17.1 Å². The van der Waals surface area contributed by atoms with Crippen LogP contribution in [0.5, 0.6) is 17.4 Å². The van der Waals surface area contributed by atoms with Crippen molar-refractivity contribution in [1.82, 2.24) is 9.55 Å². The minimum Gasteiger partial charge on any atom is -0.497 e. The molecule has 0 saturated carbocycles. The molecule has 0 saturated heterocycles. The van der Waals surface area contributed by atoms with Crippen LogP contribution in [0.3, 0.4) is 0 Å². The number of hydrogen-bond donors (Lipinski definition) is 1. The SMILES string of the molecule is COc1ccc(C(=O)c2c(C)n(Cc3cc(O[C@@H](C)C(=O)O)ccc3Cl)c3nc(OC)ccc23)cc1. The molecule has 36 heavy (non-hydrogen) atoms. The third-order valence-corrected chi connectivity index (χ3v) is 6.30. The summed E-state index contributed by atoms with van der Waals surface area (Å²) in [5.41, 5.74) is 2.98. The third kappa shape index (κ3) is 4.85. The monoisotopic (exact) mass is 508 g/mol. The minimum absolute atomic E-state index is 0.149. The lowest BCUT2D eigenvalue weighted by Gasteiger charge is -2.14. The molecular formula is C27H25ClN2O6. The highest BCUT2D eigenvalue weighted by Crippen LogP contribution is 2.32. The molecule has 8 nitrogen and oxygen atoms in total. The van der Waals surface area contributed by atoms with Gasteiger partial charge in [0.2, 0.25) is 5.88 Å². The number of nitrogens with zero attached hydrogens (tertiary/aromatic N) is 2. The van der Waals surface area contributed by atoms with Gasteiger partial charge in [0.25, 0.3) is 0 Å². The summed E-state index contributed by atoms with van der Waals surface area (Å²) in [5, 5.41) is 10.3. The van der Waals surface area contributed by atoms with Crippen molar-refractivity contribution < 1.29 is 28.9 Å². The van der Waals surface area contributed by atoms with Crippen molar-refractivity contribution in [3.8, 4) is 17.4 Å². The van der Waals surface area contributed by atoms with Crippen molar-refractivity contribution >= 4 is 34.4 Å². The molecule has 0 radical (unpaired) electrons. The first-order valence-electron chi connectivity index (χ1n) is 11.1. The van der Waals surface area contributed by atoms with Gasteiger partial charge in [-0.25, -0.2) is 4.79 Å². The van der Waals surface area contributed by atoms with Crippen LogP contribution in [0.2, 0.25) is 5.02 Å². The zero-order chi connectivity index (χ0) is 26.0. The predicted octanol–water partition coefficient (Wildman–Crippen LogP) is 5.15. The van der Waals surface area contributed by atoms with Gasteiger partial charge in [-0.05, 0) is 67.9 Å². The summed E-state index contributed by atoms with van der Waals surface area (Å²) >= 11 is 6.49. The molecule has 0 aliphatic heterocycles. The fraction of sp³-hybridized carbons (Fsp3) is 0.222. The van der Waals surface area contributed by atoms with Crippen LogP contribution in [0, 0.1) is 6.92 Å². The molecule has 0 aliphatic carbocycles. The zero-order valence-corrected chi connectivity index (χ0v) is 21.0. The first-order valence-corrected chi connectivity index (χ1v) is 11.5. The van der Waals surface area contributed by atoms with E-state index >= 15 is 0 Å². The van der Waals surface area contributed by atoms with E-state index in [-0.39, 0.29) is 12.3 Å². The van der Waals surface area contributed by atoms with Crippen LogP contribution in [0.4, 0.5) is 0 Å². The first-order chi connectivity index (χ1) is 17.2. The van der Waals surface area contributed by atoms with E-state index in [2.05, 4.69) is 4.98 Å². The number of ether oxygens (including phenoxy) is 3. The van der Waals surface area contributed by atoms with Gasteiger partial charge in [-0.1, -0.05) is 11.6 Å². The first kappa shape index (κ1) is 25.1. The summed E-state index contributed by atoms with van der Waals surface area (Å²) in [6, 6.07) is 15.4. The maximum Gasteiger partial charge on any atom is 0.344 e. The van der Waals surface area contributed by atoms with Crippen molar-refractivity contribution in [3.05, 3.63) is 82.0 Å². The lowest BCUT2D eigenvalue weighted by molar-refractivity contribution is -0.144. The summed E-state index contributed by atoms with van der Waals surface area (Å²) in [4.78, 5) is 29.4. The van der Waals surface area contributed by atoms with Gasteiger partial charge in [-0.3, -0.25) is 4.79 Å². The van der Waals surface area contributed by atoms with E-state index in [1.165, 1.54) is 14.0 Å². The van der Waals surface area contributed by atoms with Crippen molar-refractivity contribution in [3.63, 3.8) is 0 Å². The molecule has 9 heteroatoms. The average Bonchev–Trinajstić information content (AvgIpc) is 3.15. The van der Waals surface area contributed by atoms with E-state index in [1.807, 2.05) is 17.6 Å². The summed E-state index contributed by atoms with van der Waals surface area (Å²) in [5.74, 6) is 0.216. The van der Waals surface area contributed by atoms with Crippen LogP contribution in [0.15, 0.2) is 54.6 Å². The van der Waals surface area contributed by atoms with Gasteiger partial charge in [-0.2, -0.15) is 4.98 Å². The maximum atomic E-state index is 13.6. The van der Waals surface area contributed by atoms with Gasteiger partial charge < -0.3 is 23.9 Å². The Hall–Kier alpha value is -4.04. The van der Waals surface area contributed by atoms with E-state index in [1.54, 1.807) is 55.6 Å². The number of pyridine rings is 1. The molecule has 4 rings (SSSR count). The highest BCUT2D eigenvalue weighted by Gasteiger charge is 2.23. The number of benzene rings is 2. The molecule has 0 amide bonds. The fourth-order valence-electron chi connectivity index (χ4n) is 3.97. The fourth-order valence-corrected chi connectivity index (χ4v) is 4.15. The van der Waals surface area contributed by atoms with E-state index in [9.17, 15) is 14.7 Å². The number of aromatic nitrogens is 2. The Morgan fingerprint density at radius 3 is 2.36 bits per heavy atom. The van der Waals surface area contributed by atoms with Crippen LogP contribution in [-0.4, -0.2) is 46.7 Å². The van der Waals surface area contributed by atoms with E-state index < -0.39 is 12.1 Å². The van der Waals surface area contributed by atoms with E-state index in [4.69, 9.17) is 25.8 Å². The van der Waals surface area contributed by atoms with Gasteiger partial charge in [0.15, 0.2) is 11.9 Å². The molecule has 1 atom stereocenters. The van der Waals surface area contributed by atoms with E-state index in [0.717, 1.165) is 0 Å². The molecule has 0 unspecified atom stereocenters. The van der Waals surface area contributed by atoms with Crippen LogP contribution in [0.25, 0.3) is 11.0 Å². The standard InChI is InChI=1S/C27H25ClN2O6/c1-15-24(25(31)17-5-7-19(34-3)8-6-17)21-10-12-23(35-4)29-26(21)30(15)14-18-13-20(9-11-22(18)28)36-16(2)27(32)33/h5-13,16H,14H2,1-4H3,(H,32,33)/t16-/m0/s1. The van der Waals surface area contributed by atoms with E-state index in [0.29, 0.717) is 55.8 Å². The molecule has 1 N–H and O–H groups in total. The number of aliphatic carboxylic acids is 1. The Labute approximate surface area is 213 Å². The van der Waals surface area contributed by atoms with Crippen molar-refractivity contribution in [1.29, 1.82) is 0 Å². The summed E-state index contributed by atoms with van der Waals surface area (Å²) < 4.78 is 17.9. The summed E-state index contributed by atoms with van der Waals surface area (Å²) in [7, 11) is 3.10. The highest BCUT2D eigenvalue weighted by molar-refractivity contribution is 6.31. The number of hydrogen-bond acceptors (Lipinski definition) is 6. The Kier molecular flexibility index (Phi) is 7.17. The van der Waals surface area contributed by atoms with Crippen LogP contribution >= 0.6 is 11.6 Å². The second-order valence-electron chi connectivity index (χ2n) is 8.18. The lowest BCUT2D eigenvalue weighted by Crippen LogP contribution is -2.22. The number of fused-ring (bicyclic) bond motifs is 1. The highest BCUT2D eigenvalue weighted by atomic mass is 35.5. The number of carboxylic acids is 1. The third-order valence-electron chi connectivity index (χ3n) is 5.94. The molecule has 186 valence electrons. The number of carbonyl (C=O) groups is 2. The average molecular weight is 509 g/mol. The second kappa shape index (κ2) is 10.3. The predicted molar refractivity (Wildman–Crippen MR) is 136 cm³/mol. The second-order valence-corrected chi connectivity index (χ2v) is 8.59. The molecule has 0 bridgehead atoms.